The van der Waals surface area contributed by atoms with E-state index in [9.17, 15) is 32.3 Å². The lowest BCUT2D eigenvalue weighted by molar-refractivity contribution is -0.155. The summed E-state index contributed by atoms with van der Waals surface area (Å²) in [5.74, 6) is -2.94. The van der Waals surface area contributed by atoms with Crippen LogP contribution in [0.1, 0.15) is 12.5 Å². The predicted octanol–water partition coefficient (Wildman–Crippen LogP) is 0.802. The van der Waals surface area contributed by atoms with Crippen molar-refractivity contribution in [3.05, 3.63) is 59.9 Å². The molecule has 0 spiro atoms. The highest BCUT2D eigenvalue weighted by Gasteiger charge is 2.31. The third-order valence-corrected chi connectivity index (χ3v) is 6.08. The zero-order valence-corrected chi connectivity index (χ0v) is 19.6. The zero-order valence-electron chi connectivity index (χ0n) is 18.8. The summed E-state index contributed by atoms with van der Waals surface area (Å²) in [5, 5.41) is 12.4. The molecular formula is C22H26FN3O7S. The van der Waals surface area contributed by atoms with E-state index in [1.165, 1.54) is 38.2 Å². The van der Waals surface area contributed by atoms with E-state index in [0.29, 0.717) is 5.69 Å². The van der Waals surface area contributed by atoms with E-state index in [0.717, 1.165) is 22.6 Å². The van der Waals surface area contributed by atoms with Gasteiger partial charge in [-0.2, -0.15) is 4.72 Å². The van der Waals surface area contributed by atoms with Crippen LogP contribution in [0.25, 0.3) is 0 Å². The maximum Gasteiger partial charge on any atom is 0.327 e. The minimum atomic E-state index is -4.15. The van der Waals surface area contributed by atoms with E-state index in [4.69, 9.17) is 4.74 Å². The first-order valence-electron chi connectivity index (χ1n) is 10.1. The zero-order chi connectivity index (χ0) is 25.5. The van der Waals surface area contributed by atoms with E-state index < -0.39 is 52.4 Å². The Morgan fingerprint density at radius 1 is 1.09 bits per heavy atom. The second-order valence-corrected chi connectivity index (χ2v) is 9.28. The smallest absolute Gasteiger partial charge is 0.327 e. The predicted molar refractivity (Wildman–Crippen MR) is 121 cm³/mol. The largest absolute Gasteiger partial charge is 0.454 e. The molecule has 2 atom stereocenters. The highest BCUT2D eigenvalue weighted by atomic mass is 32.2. The standard InChI is InChI=1S/C22H26FN3O7S/c1-14-4-10-18(11-5-14)34(31,32)25-21(15(2)27)22(30)33-13-20(29)26(3)12-19(28)24-17-8-6-16(23)7-9-17/h4-11,15,21,25,27H,12-13H2,1-3H3,(H,24,28)/t15-,21-/m0/s1. The van der Waals surface area contributed by atoms with Gasteiger partial charge in [-0.3, -0.25) is 14.4 Å². The second kappa shape index (κ2) is 11.7. The molecule has 0 aliphatic heterocycles. The van der Waals surface area contributed by atoms with Gasteiger partial charge in [-0.15, -0.1) is 0 Å². The molecule has 0 fully saturated rings. The molecule has 2 aromatic carbocycles. The van der Waals surface area contributed by atoms with Gasteiger partial charge in [-0.1, -0.05) is 17.7 Å². The lowest BCUT2D eigenvalue weighted by Gasteiger charge is -2.21. The summed E-state index contributed by atoms with van der Waals surface area (Å²) in [5.41, 5.74) is 1.17. The number of carbonyl (C=O) groups is 3. The Balaban J connectivity index is 1.91. The first kappa shape index (κ1) is 26.9. The molecule has 0 saturated carbocycles. The Labute approximate surface area is 196 Å². The summed E-state index contributed by atoms with van der Waals surface area (Å²) in [6.07, 6.45) is -1.46. The van der Waals surface area contributed by atoms with Crippen molar-refractivity contribution in [2.45, 2.75) is 30.9 Å². The summed E-state index contributed by atoms with van der Waals surface area (Å²) < 4.78 is 44.9. The number of esters is 1. The van der Waals surface area contributed by atoms with Gasteiger partial charge in [0.25, 0.3) is 5.91 Å². The van der Waals surface area contributed by atoms with Gasteiger partial charge >= 0.3 is 5.97 Å². The topological polar surface area (TPSA) is 142 Å². The number of aryl methyl sites for hydroxylation is 1. The molecule has 0 saturated heterocycles. The maximum absolute atomic E-state index is 12.9. The molecule has 0 heterocycles. The van der Waals surface area contributed by atoms with Gasteiger partial charge in [-0.05, 0) is 50.2 Å². The van der Waals surface area contributed by atoms with Crippen LogP contribution in [0.2, 0.25) is 0 Å². The van der Waals surface area contributed by atoms with Crippen LogP contribution in [-0.2, 0) is 29.1 Å². The lowest BCUT2D eigenvalue weighted by Crippen LogP contribution is -2.49. The van der Waals surface area contributed by atoms with Crippen molar-refractivity contribution in [2.75, 3.05) is 25.5 Å². The Hall–Kier alpha value is -3.35. The molecule has 0 aliphatic carbocycles. The molecule has 12 heteroatoms. The number of nitrogens with zero attached hydrogens (tertiary/aromatic N) is 1. The van der Waals surface area contributed by atoms with Crippen molar-refractivity contribution in [2.24, 2.45) is 0 Å². The summed E-state index contributed by atoms with van der Waals surface area (Å²) in [7, 11) is -2.85. The molecule has 10 nitrogen and oxygen atoms in total. The monoisotopic (exact) mass is 495 g/mol. The number of aliphatic hydroxyl groups excluding tert-OH is 1. The molecule has 0 bridgehead atoms. The number of hydrogen-bond acceptors (Lipinski definition) is 7. The van der Waals surface area contributed by atoms with Crippen molar-refractivity contribution >= 4 is 33.5 Å². The molecule has 0 unspecified atom stereocenters. The second-order valence-electron chi connectivity index (χ2n) is 7.57. The minimum Gasteiger partial charge on any atom is -0.454 e. The fourth-order valence-electron chi connectivity index (χ4n) is 2.67. The summed E-state index contributed by atoms with van der Waals surface area (Å²) in [6.45, 7) is 1.81. The Kier molecular flexibility index (Phi) is 9.24. The van der Waals surface area contributed by atoms with Gasteiger partial charge < -0.3 is 20.1 Å². The van der Waals surface area contributed by atoms with E-state index in [1.54, 1.807) is 19.1 Å². The van der Waals surface area contributed by atoms with Gasteiger partial charge in [0.1, 0.15) is 11.9 Å². The van der Waals surface area contributed by atoms with E-state index >= 15 is 0 Å². The molecule has 2 aromatic rings. The van der Waals surface area contributed by atoms with Gasteiger partial charge in [-0.25, -0.2) is 12.8 Å². The van der Waals surface area contributed by atoms with E-state index in [2.05, 4.69) is 10.0 Å². The molecule has 184 valence electrons. The molecule has 34 heavy (non-hydrogen) atoms. The van der Waals surface area contributed by atoms with Gasteiger partial charge in [0.15, 0.2) is 6.61 Å². The quantitative estimate of drug-likeness (QED) is 0.414. The SMILES string of the molecule is Cc1ccc(S(=O)(=O)N[C@H](C(=O)OCC(=O)N(C)CC(=O)Nc2ccc(F)cc2)[C@H](C)O)cc1. The first-order chi connectivity index (χ1) is 15.9. The van der Waals surface area contributed by atoms with Crippen molar-refractivity contribution in [1.29, 1.82) is 0 Å². The number of ether oxygens (including phenoxy) is 1. The fraction of sp³-hybridized carbons (Fsp3) is 0.318. The molecule has 2 rings (SSSR count). The summed E-state index contributed by atoms with van der Waals surface area (Å²) in [4.78, 5) is 37.5. The Morgan fingerprint density at radius 3 is 2.24 bits per heavy atom. The normalized spacial score (nSPS) is 13.0. The van der Waals surface area contributed by atoms with Crippen LogP contribution >= 0.6 is 0 Å². The number of rotatable bonds is 10. The summed E-state index contributed by atoms with van der Waals surface area (Å²) in [6, 6.07) is 9.21. The third-order valence-electron chi connectivity index (χ3n) is 4.62. The number of halogens is 1. The average Bonchev–Trinajstić information content (AvgIpc) is 2.77. The fourth-order valence-corrected chi connectivity index (χ4v) is 3.92. The number of benzene rings is 2. The number of likely N-dealkylation sites (N-methyl/N-ethyl adjacent to an activating group) is 1. The van der Waals surface area contributed by atoms with E-state index in [1.807, 2.05) is 0 Å². The Bertz CT molecular complexity index is 1120. The number of nitrogens with one attached hydrogen (secondary N) is 2. The first-order valence-corrected chi connectivity index (χ1v) is 11.6. The van der Waals surface area contributed by atoms with Crippen LogP contribution in [-0.4, -0.2) is 68.6 Å². The number of aliphatic hydroxyl groups is 1. The van der Waals surface area contributed by atoms with Crippen molar-refractivity contribution in [3.8, 4) is 0 Å². The Morgan fingerprint density at radius 2 is 1.68 bits per heavy atom. The number of amides is 2. The third kappa shape index (κ3) is 7.90. The van der Waals surface area contributed by atoms with Crippen LogP contribution in [0.15, 0.2) is 53.4 Å². The minimum absolute atomic E-state index is 0.112. The van der Waals surface area contributed by atoms with Gasteiger partial charge in [0, 0.05) is 12.7 Å². The highest BCUT2D eigenvalue weighted by Crippen LogP contribution is 2.12. The van der Waals surface area contributed by atoms with Crippen molar-refractivity contribution in [1.82, 2.24) is 9.62 Å². The van der Waals surface area contributed by atoms with Crippen LogP contribution in [0.5, 0.6) is 0 Å². The molecule has 0 radical (unpaired) electrons. The molecule has 3 N–H and O–H groups in total. The maximum atomic E-state index is 12.9. The van der Waals surface area contributed by atoms with Crippen molar-refractivity contribution in [3.63, 3.8) is 0 Å². The molecular weight excluding hydrogens is 469 g/mol. The number of sulfonamides is 1. The molecule has 0 aliphatic rings. The number of anilines is 1. The van der Waals surface area contributed by atoms with Crippen LogP contribution in [0.4, 0.5) is 10.1 Å². The average molecular weight is 496 g/mol. The van der Waals surface area contributed by atoms with Gasteiger partial charge in [0.2, 0.25) is 15.9 Å². The lowest BCUT2D eigenvalue weighted by atomic mass is 10.2. The number of hydrogen-bond donors (Lipinski definition) is 3. The highest BCUT2D eigenvalue weighted by molar-refractivity contribution is 7.89. The van der Waals surface area contributed by atoms with Crippen LogP contribution in [0.3, 0.4) is 0 Å². The van der Waals surface area contributed by atoms with Gasteiger partial charge in [0.05, 0.1) is 17.5 Å². The van der Waals surface area contributed by atoms with Crippen LogP contribution < -0.4 is 10.0 Å². The van der Waals surface area contributed by atoms with Crippen LogP contribution in [0, 0.1) is 12.7 Å². The summed E-state index contributed by atoms with van der Waals surface area (Å²) >= 11 is 0. The van der Waals surface area contributed by atoms with Crippen molar-refractivity contribution < 1.29 is 37.0 Å². The molecule has 2 amide bonds. The molecule has 0 aromatic heterocycles. The number of carbonyl (C=O) groups excluding carboxylic acids is 3. The van der Waals surface area contributed by atoms with E-state index in [-0.39, 0.29) is 11.4 Å².